The van der Waals surface area contributed by atoms with E-state index in [4.69, 9.17) is 10.4 Å². The summed E-state index contributed by atoms with van der Waals surface area (Å²) in [5.41, 5.74) is -2.06. The monoisotopic (exact) mass is 744 g/mol. The van der Waals surface area contributed by atoms with Crippen molar-refractivity contribution in [3.63, 3.8) is 0 Å². The minimum atomic E-state index is -5.03. The summed E-state index contributed by atoms with van der Waals surface area (Å²) in [6.45, 7) is 8.53. The van der Waals surface area contributed by atoms with E-state index in [0.29, 0.717) is 46.7 Å². The van der Waals surface area contributed by atoms with Crippen molar-refractivity contribution in [3.05, 3.63) is 82.3 Å². The molecule has 0 atom stereocenters. The van der Waals surface area contributed by atoms with Crippen molar-refractivity contribution in [2.45, 2.75) is 84.4 Å². The first-order chi connectivity index (χ1) is 24.7. The van der Waals surface area contributed by atoms with E-state index in [2.05, 4.69) is 20.2 Å². The van der Waals surface area contributed by atoms with Gasteiger partial charge in [0.05, 0.1) is 16.7 Å². The van der Waals surface area contributed by atoms with Crippen molar-refractivity contribution in [1.29, 1.82) is 5.41 Å². The Morgan fingerprint density at radius 2 is 1.42 bits per heavy atom. The fourth-order valence-corrected chi connectivity index (χ4v) is 5.80. The van der Waals surface area contributed by atoms with Crippen LogP contribution in [0.5, 0.6) is 0 Å². The molecular weight excluding hydrogens is 698 g/mol. The maximum atomic E-state index is 13.9. The summed E-state index contributed by atoms with van der Waals surface area (Å²) in [6, 6.07) is 3.31. The minimum Gasteiger partial charge on any atom is -0.383 e. The van der Waals surface area contributed by atoms with Gasteiger partial charge in [0, 0.05) is 87.3 Å². The first-order valence-corrected chi connectivity index (χ1v) is 17.5. The van der Waals surface area contributed by atoms with Crippen LogP contribution in [0.3, 0.4) is 0 Å². The number of anilines is 3. The van der Waals surface area contributed by atoms with Crippen LogP contribution in [-0.2, 0) is 25.4 Å². The molecule has 2 heterocycles. The molecule has 3 aromatic rings. The second kappa shape index (κ2) is 15.3. The van der Waals surface area contributed by atoms with Gasteiger partial charge < -0.3 is 25.4 Å². The van der Waals surface area contributed by atoms with Crippen molar-refractivity contribution in [3.8, 4) is 0 Å². The molecular formula is C38H46F6N8O. The molecule has 0 unspecified atom stereocenters. The number of carbonyl (C=O) groups excluding carboxylic acids is 1. The number of benzene rings is 1. The maximum absolute atomic E-state index is 13.9. The van der Waals surface area contributed by atoms with Crippen LogP contribution in [-0.4, -0.2) is 64.1 Å². The lowest BCUT2D eigenvalue weighted by atomic mass is 10.0. The highest BCUT2D eigenvalue weighted by Gasteiger charge is 2.37. The average Bonchev–Trinajstić information content (AvgIpc) is 3.99. The van der Waals surface area contributed by atoms with Crippen molar-refractivity contribution in [1.82, 2.24) is 19.9 Å². The van der Waals surface area contributed by atoms with Gasteiger partial charge in [-0.25, -0.2) is 15.0 Å². The Bertz CT molecular complexity index is 1780. The van der Waals surface area contributed by atoms with Crippen molar-refractivity contribution in [2.24, 2.45) is 11.8 Å². The van der Waals surface area contributed by atoms with Crippen LogP contribution in [0.2, 0.25) is 0 Å². The third-order valence-corrected chi connectivity index (χ3v) is 8.74. The van der Waals surface area contributed by atoms with E-state index >= 15 is 0 Å². The Morgan fingerprint density at radius 3 is 1.87 bits per heavy atom. The van der Waals surface area contributed by atoms with Crippen LogP contribution in [0.15, 0.2) is 48.9 Å². The fraction of sp³-hybridized carbons (Fsp3) is 0.500. The molecule has 15 heteroatoms. The van der Waals surface area contributed by atoms with E-state index < -0.39 is 35.6 Å². The number of pyridine rings is 1. The zero-order valence-electron chi connectivity index (χ0n) is 30.8. The second-order valence-corrected chi connectivity index (χ2v) is 15.3. The van der Waals surface area contributed by atoms with E-state index in [1.54, 1.807) is 32.1 Å². The molecule has 2 aromatic heterocycles. The third-order valence-electron chi connectivity index (χ3n) is 8.74. The Balaban J connectivity index is 1.65. The van der Waals surface area contributed by atoms with E-state index in [1.165, 1.54) is 23.4 Å². The van der Waals surface area contributed by atoms with Gasteiger partial charge in [-0.05, 0) is 95.0 Å². The van der Waals surface area contributed by atoms with E-state index in [1.807, 2.05) is 26.8 Å². The molecule has 2 aliphatic rings. The molecule has 0 bridgehead atoms. The normalized spacial score (nSPS) is 15.1. The Kier molecular flexibility index (Phi) is 11.4. The van der Waals surface area contributed by atoms with Crippen LogP contribution in [0.4, 0.5) is 43.9 Å². The quantitative estimate of drug-likeness (QED) is 0.0691. The van der Waals surface area contributed by atoms with E-state index in [9.17, 15) is 31.1 Å². The van der Waals surface area contributed by atoms with Crippen molar-refractivity contribution < 1.29 is 31.1 Å². The first kappa shape index (κ1) is 39.5. The van der Waals surface area contributed by atoms with Crippen molar-refractivity contribution >= 4 is 29.1 Å². The third kappa shape index (κ3) is 11.2. The summed E-state index contributed by atoms with van der Waals surface area (Å²) in [6.07, 6.45) is -0.318. The zero-order chi connectivity index (χ0) is 38.9. The molecule has 53 heavy (non-hydrogen) atoms. The Morgan fingerprint density at radius 1 is 0.868 bits per heavy atom. The summed E-state index contributed by atoms with van der Waals surface area (Å²) < 4.78 is 83.6. The molecule has 2 aliphatic carbocycles. The lowest BCUT2D eigenvalue weighted by molar-refractivity contribution is -0.143. The number of hydrogen-bond acceptors (Lipinski definition) is 9. The average molecular weight is 745 g/mol. The molecule has 9 nitrogen and oxygen atoms in total. The highest BCUT2D eigenvalue weighted by atomic mass is 19.4. The summed E-state index contributed by atoms with van der Waals surface area (Å²) in [5, 5.41) is 12.1. The van der Waals surface area contributed by atoms with Gasteiger partial charge in [0.2, 0.25) is 5.95 Å². The summed E-state index contributed by atoms with van der Waals surface area (Å²) in [7, 11) is 3.49. The van der Waals surface area contributed by atoms with Crippen LogP contribution in [0.1, 0.15) is 91.6 Å². The van der Waals surface area contributed by atoms with E-state index in [-0.39, 0.29) is 41.2 Å². The molecule has 5 rings (SSSR count). The Hall–Kier alpha value is -4.69. The first-order valence-electron chi connectivity index (χ1n) is 17.5. The maximum Gasteiger partial charge on any atom is 0.416 e. The number of nitrogens with zero attached hydrogens (tertiary/aromatic N) is 6. The molecule has 0 radical (unpaired) electrons. The predicted molar refractivity (Wildman–Crippen MR) is 193 cm³/mol. The Labute approximate surface area is 306 Å². The lowest BCUT2D eigenvalue weighted by Gasteiger charge is -2.31. The molecule has 0 saturated heterocycles. The largest absolute Gasteiger partial charge is 0.416 e. The number of allylic oxidation sites excluding steroid dienone is 1. The molecule has 0 aliphatic heterocycles. The zero-order valence-corrected chi connectivity index (χ0v) is 30.8. The molecule has 0 spiro atoms. The second-order valence-electron chi connectivity index (χ2n) is 15.3. The molecule has 1 aromatic carbocycles. The minimum absolute atomic E-state index is 0.0176. The van der Waals surface area contributed by atoms with Gasteiger partial charge in [-0.3, -0.25) is 4.79 Å². The van der Waals surface area contributed by atoms with Crippen LogP contribution in [0, 0.1) is 17.2 Å². The standard InChI is InChI=1S/C38H46F6N8O/c1-23(45)31-15-27(34(48-33(31)49-36(2,3)4)51(19-24-7-8-24)20-25-9-10-25)22-52(35-46-17-28(18-47-35)32(53)11-12-50(5)6)21-26-13-29(37(39,40)41)16-30(14-26)38(42,43)44/h11-18,24-25,45H,7-10,19-22H2,1-6H3,(H,48,49)/b12-11+,45-23?. The van der Waals surface area contributed by atoms with Crippen LogP contribution >= 0.6 is 0 Å². The molecule has 0 amide bonds. The van der Waals surface area contributed by atoms with Gasteiger partial charge in [0.15, 0.2) is 5.78 Å². The SMILES string of the molecule is CC(=N)c1cc(CN(Cc2cc(C(F)(F)F)cc(C(F)(F)F)c2)c2ncc(C(=O)/C=C/N(C)C)cn2)c(N(CC2CC2)CC2CC2)nc1NC(C)(C)C. The van der Waals surface area contributed by atoms with Crippen LogP contribution < -0.4 is 15.1 Å². The van der Waals surface area contributed by atoms with Crippen molar-refractivity contribution in [2.75, 3.05) is 42.3 Å². The highest BCUT2D eigenvalue weighted by molar-refractivity contribution is 6.04. The van der Waals surface area contributed by atoms with Gasteiger partial charge in [-0.2, -0.15) is 26.3 Å². The fourth-order valence-electron chi connectivity index (χ4n) is 5.80. The molecule has 2 saturated carbocycles. The number of alkyl halides is 6. The van der Waals surface area contributed by atoms with Gasteiger partial charge >= 0.3 is 12.4 Å². The number of rotatable bonds is 15. The summed E-state index contributed by atoms with van der Waals surface area (Å²) >= 11 is 0. The van der Waals surface area contributed by atoms with Gasteiger partial charge in [0.25, 0.3) is 0 Å². The molecule has 2 N–H and O–H groups in total. The summed E-state index contributed by atoms with van der Waals surface area (Å²) in [5.74, 6) is 1.67. The van der Waals surface area contributed by atoms with Gasteiger partial charge in [0.1, 0.15) is 11.6 Å². The number of hydrogen-bond donors (Lipinski definition) is 2. The number of halogens is 6. The topological polar surface area (TPSA) is 101 Å². The van der Waals surface area contributed by atoms with E-state index in [0.717, 1.165) is 38.8 Å². The number of carbonyl (C=O) groups is 1. The van der Waals surface area contributed by atoms with Crippen LogP contribution in [0.25, 0.3) is 0 Å². The smallest absolute Gasteiger partial charge is 0.383 e. The predicted octanol–water partition coefficient (Wildman–Crippen LogP) is 8.60. The number of nitrogens with one attached hydrogen (secondary N) is 2. The van der Waals surface area contributed by atoms with Gasteiger partial charge in [-0.15, -0.1) is 0 Å². The summed E-state index contributed by atoms with van der Waals surface area (Å²) in [4.78, 5) is 32.0. The lowest BCUT2D eigenvalue weighted by Crippen LogP contribution is -2.34. The highest BCUT2D eigenvalue weighted by Crippen LogP contribution is 2.39. The number of ketones is 1. The molecule has 2 fully saturated rings. The molecule has 286 valence electrons. The number of aromatic nitrogens is 3. The van der Waals surface area contributed by atoms with Gasteiger partial charge in [-0.1, -0.05) is 0 Å².